The first kappa shape index (κ1) is 13.9. The lowest BCUT2D eigenvalue weighted by Crippen LogP contribution is -2.38. The van der Waals surface area contributed by atoms with Gasteiger partial charge in [-0.3, -0.25) is 14.9 Å². The molecular formula is C15H15N3O5. The Balaban J connectivity index is 1.44. The molecule has 0 aromatic heterocycles. The van der Waals surface area contributed by atoms with Gasteiger partial charge < -0.3 is 19.7 Å². The van der Waals surface area contributed by atoms with Gasteiger partial charge >= 0.3 is 6.03 Å². The maximum atomic E-state index is 12.4. The van der Waals surface area contributed by atoms with Gasteiger partial charge in [0.25, 0.3) is 0 Å². The van der Waals surface area contributed by atoms with E-state index in [-0.39, 0.29) is 37.6 Å². The van der Waals surface area contributed by atoms with Crippen molar-refractivity contribution in [1.82, 2.24) is 10.2 Å². The van der Waals surface area contributed by atoms with E-state index >= 15 is 0 Å². The molecule has 120 valence electrons. The first-order chi connectivity index (χ1) is 11.1. The molecule has 0 bridgehead atoms. The molecule has 0 aliphatic carbocycles. The molecule has 3 aliphatic rings. The molecule has 3 heterocycles. The number of nitrogens with zero attached hydrogens (tertiary/aromatic N) is 1. The summed E-state index contributed by atoms with van der Waals surface area (Å²) in [5.41, 5.74) is -0.171. The molecule has 2 saturated heterocycles. The monoisotopic (exact) mass is 317 g/mol. The van der Waals surface area contributed by atoms with Crippen LogP contribution in [0, 0.1) is 5.41 Å². The molecule has 2 N–H and O–H groups in total. The van der Waals surface area contributed by atoms with E-state index in [4.69, 9.17) is 9.47 Å². The fraction of sp³-hybridized carbons (Fsp3) is 0.400. The van der Waals surface area contributed by atoms with Gasteiger partial charge in [0.2, 0.25) is 18.6 Å². The van der Waals surface area contributed by atoms with Crippen molar-refractivity contribution in [3.63, 3.8) is 0 Å². The molecule has 4 amide bonds. The lowest BCUT2D eigenvalue weighted by molar-refractivity contribution is -0.128. The van der Waals surface area contributed by atoms with Crippen LogP contribution in [-0.2, 0) is 9.59 Å². The van der Waals surface area contributed by atoms with E-state index < -0.39 is 5.41 Å². The van der Waals surface area contributed by atoms with Gasteiger partial charge in [0.05, 0.1) is 5.41 Å². The summed E-state index contributed by atoms with van der Waals surface area (Å²) >= 11 is 0. The van der Waals surface area contributed by atoms with Gasteiger partial charge in [-0.25, -0.2) is 4.79 Å². The number of urea groups is 1. The third-order valence-electron chi connectivity index (χ3n) is 4.50. The highest BCUT2D eigenvalue weighted by atomic mass is 16.7. The molecule has 0 saturated carbocycles. The van der Waals surface area contributed by atoms with Crippen LogP contribution in [0.5, 0.6) is 11.5 Å². The van der Waals surface area contributed by atoms with Crippen molar-refractivity contribution in [2.24, 2.45) is 5.41 Å². The van der Waals surface area contributed by atoms with Crippen molar-refractivity contribution < 1.29 is 23.9 Å². The van der Waals surface area contributed by atoms with Crippen LogP contribution in [0.4, 0.5) is 10.5 Å². The third-order valence-corrected chi connectivity index (χ3v) is 4.50. The summed E-state index contributed by atoms with van der Waals surface area (Å²) in [4.78, 5) is 37.3. The van der Waals surface area contributed by atoms with Crippen molar-refractivity contribution in [3.8, 4) is 11.5 Å². The second-order valence-electron chi connectivity index (χ2n) is 6.00. The second kappa shape index (κ2) is 4.87. The van der Waals surface area contributed by atoms with Gasteiger partial charge in [-0.2, -0.15) is 0 Å². The molecule has 2 fully saturated rings. The Morgan fingerprint density at radius 2 is 2.09 bits per heavy atom. The average Bonchev–Trinajstić information content (AvgIpc) is 3.19. The Hall–Kier alpha value is -2.77. The molecular weight excluding hydrogens is 302 g/mol. The number of carbonyl (C=O) groups is 3. The van der Waals surface area contributed by atoms with E-state index in [1.807, 2.05) is 0 Å². The highest BCUT2D eigenvalue weighted by Gasteiger charge is 2.51. The fourth-order valence-corrected chi connectivity index (χ4v) is 3.24. The first-order valence-electron chi connectivity index (χ1n) is 7.36. The predicted molar refractivity (Wildman–Crippen MR) is 78.0 cm³/mol. The minimum atomic E-state index is -0.761. The van der Waals surface area contributed by atoms with E-state index in [2.05, 4.69) is 10.6 Å². The maximum absolute atomic E-state index is 12.4. The van der Waals surface area contributed by atoms with Crippen LogP contribution in [0.25, 0.3) is 0 Å². The van der Waals surface area contributed by atoms with Gasteiger partial charge in [-0.1, -0.05) is 0 Å². The van der Waals surface area contributed by atoms with Crippen molar-refractivity contribution in [2.45, 2.75) is 12.8 Å². The molecule has 1 aromatic carbocycles. The molecule has 8 nitrogen and oxygen atoms in total. The average molecular weight is 317 g/mol. The Labute approximate surface area is 131 Å². The van der Waals surface area contributed by atoms with E-state index in [0.717, 1.165) is 0 Å². The summed E-state index contributed by atoms with van der Waals surface area (Å²) in [6, 6.07) is 4.85. The number of imide groups is 1. The smallest absolute Gasteiger partial charge is 0.321 e. The molecule has 1 atom stereocenters. The van der Waals surface area contributed by atoms with Crippen LogP contribution < -0.4 is 20.1 Å². The Morgan fingerprint density at radius 1 is 1.26 bits per heavy atom. The highest BCUT2D eigenvalue weighted by molar-refractivity contribution is 6.06. The van der Waals surface area contributed by atoms with Crippen LogP contribution in [0.15, 0.2) is 18.2 Å². The van der Waals surface area contributed by atoms with Crippen LogP contribution in [-0.4, -0.2) is 42.6 Å². The number of amides is 4. The van der Waals surface area contributed by atoms with Crippen molar-refractivity contribution in [1.29, 1.82) is 0 Å². The number of hydrogen-bond acceptors (Lipinski definition) is 5. The van der Waals surface area contributed by atoms with Crippen LogP contribution in [0.2, 0.25) is 0 Å². The summed E-state index contributed by atoms with van der Waals surface area (Å²) in [5, 5.41) is 5.10. The SMILES string of the molecule is O=C1C[C@]2(CCN(C(=O)Nc3ccc4c(c3)OCO4)C2)C(=O)N1. The summed E-state index contributed by atoms with van der Waals surface area (Å²) in [7, 11) is 0. The number of hydrogen-bond donors (Lipinski definition) is 2. The fourth-order valence-electron chi connectivity index (χ4n) is 3.24. The molecule has 1 spiro atoms. The zero-order chi connectivity index (χ0) is 16.0. The van der Waals surface area contributed by atoms with E-state index in [0.29, 0.717) is 30.2 Å². The largest absolute Gasteiger partial charge is 0.454 e. The molecule has 0 radical (unpaired) electrons. The Bertz CT molecular complexity index is 719. The zero-order valence-electron chi connectivity index (χ0n) is 12.3. The van der Waals surface area contributed by atoms with Crippen molar-refractivity contribution >= 4 is 23.5 Å². The number of likely N-dealkylation sites (tertiary alicyclic amines) is 1. The molecule has 3 aliphatic heterocycles. The van der Waals surface area contributed by atoms with E-state index in [1.54, 1.807) is 23.1 Å². The van der Waals surface area contributed by atoms with Crippen molar-refractivity contribution in [2.75, 3.05) is 25.2 Å². The zero-order valence-corrected chi connectivity index (χ0v) is 12.3. The summed E-state index contributed by atoms with van der Waals surface area (Å²) in [6.07, 6.45) is 0.652. The van der Waals surface area contributed by atoms with E-state index in [1.165, 1.54) is 0 Å². The highest BCUT2D eigenvalue weighted by Crippen LogP contribution is 2.38. The van der Waals surface area contributed by atoms with Gasteiger partial charge in [-0.05, 0) is 18.6 Å². The topological polar surface area (TPSA) is 97.0 Å². The second-order valence-corrected chi connectivity index (χ2v) is 6.00. The molecule has 8 heteroatoms. The van der Waals surface area contributed by atoms with Gasteiger partial charge in [0, 0.05) is 31.3 Å². The number of carbonyl (C=O) groups excluding carboxylic acids is 3. The Morgan fingerprint density at radius 3 is 2.87 bits per heavy atom. The molecule has 23 heavy (non-hydrogen) atoms. The minimum absolute atomic E-state index is 0.152. The number of nitrogens with one attached hydrogen (secondary N) is 2. The number of rotatable bonds is 1. The van der Waals surface area contributed by atoms with Crippen LogP contribution in [0.1, 0.15) is 12.8 Å². The lowest BCUT2D eigenvalue weighted by atomic mass is 9.85. The predicted octanol–water partition coefficient (Wildman–Crippen LogP) is 0.686. The molecule has 0 unspecified atom stereocenters. The van der Waals surface area contributed by atoms with Gasteiger partial charge in [-0.15, -0.1) is 0 Å². The third kappa shape index (κ3) is 2.26. The van der Waals surface area contributed by atoms with Crippen molar-refractivity contribution in [3.05, 3.63) is 18.2 Å². The minimum Gasteiger partial charge on any atom is -0.454 e. The maximum Gasteiger partial charge on any atom is 0.321 e. The number of ether oxygens (including phenoxy) is 2. The molecule has 1 aromatic rings. The van der Waals surface area contributed by atoms with E-state index in [9.17, 15) is 14.4 Å². The standard InChI is InChI=1S/C15H15N3O5/c19-12-6-15(13(20)17-12)3-4-18(7-15)14(21)16-9-1-2-10-11(5-9)23-8-22-10/h1-2,5H,3-4,6-8H2,(H,16,21)(H,17,19,20)/t15-/m0/s1. The number of anilines is 1. The summed E-state index contributed by atoms with van der Waals surface area (Å²) in [6.45, 7) is 0.864. The van der Waals surface area contributed by atoms with Gasteiger partial charge in [0.15, 0.2) is 11.5 Å². The summed E-state index contributed by atoms with van der Waals surface area (Å²) in [5.74, 6) is 0.680. The normalized spacial score (nSPS) is 25.1. The van der Waals surface area contributed by atoms with Crippen LogP contribution in [0.3, 0.4) is 0 Å². The van der Waals surface area contributed by atoms with Crippen LogP contribution >= 0.6 is 0 Å². The first-order valence-corrected chi connectivity index (χ1v) is 7.36. The number of fused-ring (bicyclic) bond motifs is 1. The Kier molecular flexibility index (Phi) is 2.93. The lowest BCUT2D eigenvalue weighted by Gasteiger charge is -2.20. The number of benzene rings is 1. The summed E-state index contributed by atoms with van der Waals surface area (Å²) < 4.78 is 10.5. The quantitative estimate of drug-likeness (QED) is 0.743. The molecule has 4 rings (SSSR count). The van der Waals surface area contributed by atoms with Gasteiger partial charge in [0.1, 0.15) is 0 Å².